The standard InChI is InChI=1S/C18H19F2N3O3/c19-12-3-4-13(14(20)8-12)15-9-22-16(26-15)5-6-17(24)23-7-1-2-11(10-23)18(21)25/h3-4,8-9,11H,1-2,5-7,10H2,(H2,21,25). The number of carbonyl (C=O) groups excluding carboxylic acids is 2. The fraction of sp³-hybridized carbons (Fsp3) is 0.389. The monoisotopic (exact) mass is 363 g/mol. The number of amides is 2. The Morgan fingerprint density at radius 2 is 2.15 bits per heavy atom. The molecule has 3 rings (SSSR count). The number of hydrogen-bond donors (Lipinski definition) is 1. The van der Waals surface area contributed by atoms with Crippen LogP contribution in [0.3, 0.4) is 0 Å². The predicted molar refractivity (Wildman–Crippen MR) is 88.7 cm³/mol. The van der Waals surface area contributed by atoms with Crippen LogP contribution in [0.25, 0.3) is 11.3 Å². The fourth-order valence-electron chi connectivity index (χ4n) is 3.05. The summed E-state index contributed by atoms with van der Waals surface area (Å²) in [6.45, 7) is 0.937. The van der Waals surface area contributed by atoms with Crippen molar-refractivity contribution < 1.29 is 22.8 Å². The zero-order valence-electron chi connectivity index (χ0n) is 14.1. The van der Waals surface area contributed by atoms with Crippen LogP contribution in [0.4, 0.5) is 8.78 Å². The quantitative estimate of drug-likeness (QED) is 0.882. The van der Waals surface area contributed by atoms with Gasteiger partial charge in [0.25, 0.3) is 0 Å². The molecule has 1 aliphatic heterocycles. The molecule has 0 spiro atoms. The van der Waals surface area contributed by atoms with Gasteiger partial charge in [-0.15, -0.1) is 0 Å². The second kappa shape index (κ2) is 7.63. The van der Waals surface area contributed by atoms with Gasteiger partial charge in [0, 0.05) is 32.0 Å². The fourth-order valence-corrected chi connectivity index (χ4v) is 3.05. The summed E-state index contributed by atoms with van der Waals surface area (Å²) in [5.74, 6) is -1.74. The maximum Gasteiger partial charge on any atom is 0.223 e. The number of likely N-dealkylation sites (tertiary alicyclic amines) is 1. The first-order valence-electron chi connectivity index (χ1n) is 8.41. The summed E-state index contributed by atoms with van der Waals surface area (Å²) >= 11 is 0. The number of piperidine rings is 1. The third-order valence-corrected chi connectivity index (χ3v) is 4.48. The third kappa shape index (κ3) is 4.07. The Kier molecular flexibility index (Phi) is 5.29. The van der Waals surface area contributed by atoms with Gasteiger partial charge in [0.1, 0.15) is 11.6 Å². The molecule has 0 saturated carbocycles. The van der Waals surface area contributed by atoms with Gasteiger partial charge in [0.2, 0.25) is 11.8 Å². The number of carbonyl (C=O) groups is 2. The average molecular weight is 363 g/mol. The van der Waals surface area contributed by atoms with Crippen LogP contribution in [0.2, 0.25) is 0 Å². The van der Waals surface area contributed by atoms with Gasteiger partial charge in [-0.25, -0.2) is 13.8 Å². The highest BCUT2D eigenvalue weighted by atomic mass is 19.1. The lowest BCUT2D eigenvalue weighted by Crippen LogP contribution is -2.44. The first kappa shape index (κ1) is 18.0. The van der Waals surface area contributed by atoms with Crippen molar-refractivity contribution in [3.05, 3.63) is 41.9 Å². The summed E-state index contributed by atoms with van der Waals surface area (Å²) in [7, 11) is 0. The minimum absolute atomic E-state index is 0.108. The minimum atomic E-state index is -0.741. The van der Waals surface area contributed by atoms with E-state index in [-0.39, 0.29) is 41.9 Å². The molecule has 2 aromatic rings. The maximum absolute atomic E-state index is 13.8. The van der Waals surface area contributed by atoms with Gasteiger partial charge in [0.15, 0.2) is 11.7 Å². The molecule has 1 atom stereocenters. The van der Waals surface area contributed by atoms with E-state index in [0.717, 1.165) is 18.6 Å². The molecule has 8 heteroatoms. The predicted octanol–water partition coefficient (Wildman–Crippen LogP) is 2.28. The smallest absolute Gasteiger partial charge is 0.223 e. The van der Waals surface area contributed by atoms with E-state index in [1.807, 2.05) is 0 Å². The average Bonchev–Trinajstić information content (AvgIpc) is 3.08. The molecule has 26 heavy (non-hydrogen) atoms. The van der Waals surface area contributed by atoms with Crippen LogP contribution in [0, 0.1) is 17.6 Å². The van der Waals surface area contributed by atoms with E-state index >= 15 is 0 Å². The van der Waals surface area contributed by atoms with Crippen molar-refractivity contribution in [2.45, 2.75) is 25.7 Å². The SMILES string of the molecule is NC(=O)C1CCCN(C(=O)CCc2ncc(-c3ccc(F)cc3F)o2)C1. The van der Waals surface area contributed by atoms with E-state index in [9.17, 15) is 18.4 Å². The number of hydrogen-bond acceptors (Lipinski definition) is 4. The molecule has 1 aliphatic rings. The number of oxazole rings is 1. The lowest BCUT2D eigenvalue weighted by molar-refractivity contribution is -0.135. The Bertz CT molecular complexity index is 822. The normalized spacial score (nSPS) is 17.3. The van der Waals surface area contributed by atoms with Gasteiger partial charge < -0.3 is 15.1 Å². The van der Waals surface area contributed by atoms with Crippen molar-refractivity contribution in [1.29, 1.82) is 0 Å². The topological polar surface area (TPSA) is 89.4 Å². The maximum atomic E-state index is 13.8. The molecule has 6 nitrogen and oxygen atoms in total. The number of halogens is 2. The van der Waals surface area contributed by atoms with Crippen molar-refractivity contribution in [3.8, 4) is 11.3 Å². The Labute approximate surface area is 149 Å². The van der Waals surface area contributed by atoms with Gasteiger partial charge >= 0.3 is 0 Å². The van der Waals surface area contributed by atoms with E-state index in [4.69, 9.17) is 10.2 Å². The second-order valence-corrected chi connectivity index (χ2v) is 6.32. The molecule has 1 saturated heterocycles. The van der Waals surface area contributed by atoms with Crippen molar-refractivity contribution >= 4 is 11.8 Å². The molecule has 0 aliphatic carbocycles. The number of benzene rings is 1. The summed E-state index contributed by atoms with van der Waals surface area (Å²) in [6.07, 6.45) is 3.20. The highest BCUT2D eigenvalue weighted by molar-refractivity contribution is 5.80. The summed E-state index contributed by atoms with van der Waals surface area (Å²) in [4.78, 5) is 29.3. The molecule has 138 valence electrons. The van der Waals surface area contributed by atoms with Gasteiger partial charge in [0.05, 0.1) is 17.7 Å². The Hall–Kier alpha value is -2.77. The largest absolute Gasteiger partial charge is 0.441 e. The molecule has 1 aromatic carbocycles. The zero-order chi connectivity index (χ0) is 18.7. The molecular weight excluding hydrogens is 344 g/mol. The second-order valence-electron chi connectivity index (χ2n) is 6.32. The molecule has 2 amide bonds. The van der Waals surface area contributed by atoms with Crippen molar-refractivity contribution in [1.82, 2.24) is 9.88 Å². The molecule has 1 fully saturated rings. The number of aryl methyl sites for hydroxylation is 1. The highest BCUT2D eigenvalue weighted by Crippen LogP contribution is 2.25. The van der Waals surface area contributed by atoms with Crippen molar-refractivity contribution in [2.75, 3.05) is 13.1 Å². The summed E-state index contributed by atoms with van der Waals surface area (Å²) in [5.41, 5.74) is 5.43. The molecule has 2 heterocycles. The van der Waals surface area contributed by atoms with Crippen LogP contribution >= 0.6 is 0 Å². The lowest BCUT2D eigenvalue weighted by Gasteiger charge is -2.31. The van der Waals surface area contributed by atoms with E-state index < -0.39 is 11.6 Å². The summed E-state index contributed by atoms with van der Waals surface area (Å²) in [5, 5.41) is 0. The molecule has 1 aromatic heterocycles. The van der Waals surface area contributed by atoms with Crippen LogP contribution in [0.5, 0.6) is 0 Å². The Morgan fingerprint density at radius 3 is 2.88 bits per heavy atom. The first-order chi connectivity index (χ1) is 12.4. The van der Waals surface area contributed by atoms with Gasteiger partial charge in [-0.1, -0.05) is 0 Å². The van der Waals surface area contributed by atoms with Gasteiger partial charge in [-0.2, -0.15) is 0 Å². The van der Waals surface area contributed by atoms with Crippen LogP contribution in [0.15, 0.2) is 28.8 Å². The number of aromatic nitrogens is 1. The minimum Gasteiger partial charge on any atom is -0.441 e. The Balaban J connectivity index is 1.59. The zero-order valence-corrected chi connectivity index (χ0v) is 14.1. The first-order valence-corrected chi connectivity index (χ1v) is 8.41. The number of primary amides is 1. The summed E-state index contributed by atoms with van der Waals surface area (Å²) in [6, 6.07) is 3.18. The van der Waals surface area contributed by atoms with Crippen molar-refractivity contribution in [2.24, 2.45) is 11.7 Å². The van der Waals surface area contributed by atoms with Crippen LogP contribution < -0.4 is 5.73 Å². The van der Waals surface area contributed by atoms with Crippen LogP contribution in [-0.4, -0.2) is 34.8 Å². The van der Waals surface area contributed by atoms with E-state index in [2.05, 4.69) is 4.98 Å². The Morgan fingerprint density at radius 1 is 1.35 bits per heavy atom. The molecule has 0 bridgehead atoms. The lowest BCUT2D eigenvalue weighted by atomic mass is 9.97. The molecule has 0 radical (unpaired) electrons. The van der Waals surface area contributed by atoms with Gasteiger partial charge in [-0.05, 0) is 25.0 Å². The number of rotatable bonds is 5. The van der Waals surface area contributed by atoms with Crippen LogP contribution in [-0.2, 0) is 16.0 Å². The van der Waals surface area contributed by atoms with E-state index in [0.29, 0.717) is 25.4 Å². The van der Waals surface area contributed by atoms with Crippen molar-refractivity contribution in [3.63, 3.8) is 0 Å². The number of nitrogens with two attached hydrogens (primary N) is 1. The molecule has 1 unspecified atom stereocenters. The molecule has 2 N–H and O–H groups in total. The van der Waals surface area contributed by atoms with Crippen LogP contribution in [0.1, 0.15) is 25.2 Å². The third-order valence-electron chi connectivity index (χ3n) is 4.48. The van der Waals surface area contributed by atoms with Gasteiger partial charge in [-0.3, -0.25) is 9.59 Å². The number of nitrogens with zero attached hydrogens (tertiary/aromatic N) is 2. The summed E-state index contributed by atoms with van der Waals surface area (Å²) < 4.78 is 32.2. The van der Waals surface area contributed by atoms with E-state index in [1.54, 1.807) is 4.90 Å². The highest BCUT2D eigenvalue weighted by Gasteiger charge is 2.26. The molecular formula is C18H19F2N3O3. The van der Waals surface area contributed by atoms with E-state index in [1.165, 1.54) is 12.3 Å².